The minimum Gasteiger partial charge on any atom is -0.481 e. The Morgan fingerprint density at radius 1 is 0.587 bits per heavy atom. The Hall–Kier alpha value is -7.69. The van der Waals surface area contributed by atoms with Crippen molar-refractivity contribution >= 4 is 117 Å². The number of ketones is 2. The summed E-state index contributed by atoms with van der Waals surface area (Å²) in [4.78, 5) is 107. The van der Waals surface area contributed by atoms with Gasteiger partial charge in [-0.2, -0.15) is 10.2 Å². The van der Waals surface area contributed by atoms with Gasteiger partial charge in [-0.15, -0.1) is 35.1 Å². The van der Waals surface area contributed by atoms with Gasteiger partial charge in [0.05, 0.1) is 45.4 Å². The van der Waals surface area contributed by atoms with Crippen molar-refractivity contribution in [3.8, 4) is 0 Å². The highest BCUT2D eigenvalue weighted by atomic mass is 35.5. The van der Waals surface area contributed by atoms with Crippen molar-refractivity contribution < 1.29 is 48.2 Å². The molecular weight excluding hydrogens is 1020 g/mol. The topological polar surface area (TPSA) is 239 Å². The highest BCUT2D eigenvalue weighted by Gasteiger charge is 2.30. The highest BCUT2D eigenvalue weighted by molar-refractivity contribution is 7.16. The first-order valence-electron chi connectivity index (χ1n) is 24.1. The van der Waals surface area contributed by atoms with Gasteiger partial charge in [-0.05, 0) is 105 Å². The molecule has 3 N–H and O–H groups in total. The summed E-state index contributed by atoms with van der Waals surface area (Å²) in [5, 5.41) is 23.4. The lowest BCUT2D eigenvalue weighted by molar-refractivity contribution is -0.154. The zero-order chi connectivity index (χ0) is 52.6. The number of fused-ring (bicyclic) bond motifs is 4. The second kappa shape index (κ2) is 22.0. The molecule has 0 bridgehead atoms. The Labute approximate surface area is 445 Å². The van der Waals surface area contributed by atoms with Crippen LogP contribution in [0.4, 0.5) is 34.6 Å². The summed E-state index contributed by atoms with van der Waals surface area (Å²) in [6.07, 6.45) is 1.28. The van der Waals surface area contributed by atoms with E-state index in [0.29, 0.717) is 57.3 Å². The van der Waals surface area contributed by atoms with E-state index in [-0.39, 0.29) is 73.3 Å². The zero-order valence-corrected chi connectivity index (χ0v) is 44.3. The van der Waals surface area contributed by atoms with Crippen molar-refractivity contribution in [2.45, 2.75) is 78.0 Å². The van der Waals surface area contributed by atoms with Crippen LogP contribution >= 0.6 is 35.1 Å². The van der Waals surface area contributed by atoms with Crippen molar-refractivity contribution in [3.63, 3.8) is 0 Å². The smallest absolute Gasteiger partial charge is 0.306 e. The van der Waals surface area contributed by atoms with Gasteiger partial charge in [0.2, 0.25) is 0 Å². The van der Waals surface area contributed by atoms with Gasteiger partial charge in [0.1, 0.15) is 17.2 Å². The Morgan fingerprint density at radius 3 is 1.44 bits per heavy atom. The van der Waals surface area contributed by atoms with Gasteiger partial charge in [-0.3, -0.25) is 38.4 Å². The number of aliphatic carboxylic acids is 1. The molecule has 23 heteroatoms. The molecule has 4 aliphatic heterocycles. The Morgan fingerprint density at radius 2 is 1.01 bits per heavy atom. The van der Waals surface area contributed by atoms with E-state index in [1.807, 2.05) is 53.8 Å². The molecule has 0 saturated carbocycles. The lowest BCUT2D eigenvalue weighted by Crippen LogP contribution is -2.34. The van der Waals surface area contributed by atoms with Gasteiger partial charge < -0.3 is 40.1 Å². The number of thiophene rings is 2. The summed E-state index contributed by atoms with van der Waals surface area (Å²) >= 11 is 2.12. The summed E-state index contributed by atoms with van der Waals surface area (Å²) in [6, 6.07) is 21.7. The van der Waals surface area contributed by atoms with Gasteiger partial charge in [0.25, 0.3) is 23.6 Å². The SMILES string of the molecule is CN1CCc2cc(N3CCn4nc(NC(=O)c5ccc(C(=O)CCC(=O)O)s5)cc43)ccc2C1=O.CN1CCc2cc(N3CCn4nc(NC(=O)c5ccc(C(=O)CCC(=O)OC(C)(C)C)s5)cc43)ccc2C1=O.Cl. The molecule has 6 aromatic rings. The van der Waals surface area contributed by atoms with E-state index in [2.05, 4.69) is 42.8 Å². The number of carboxylic acid groups (broad SMARTS) is 1. The fraction of sp³-hybridized carbons (Fsp3) is 0.346. The average Bonchev–Trinajstić information content (AvgIpc) is 4.23. The maximum atomic E-state index is 12.9. The number of rotatable bonds is 14. The van der Waals surface area contributed by atoms with Gasteiger partial charge >= 0.3 is 11.9 Å². The van der Waals surface area contributed by atoms with Gasteiger partial charge in [-0.1, -0.05) is 0 Å². The first-order valence-corrected chi connectivity index (χ1v) is 25.7. The zero-order valence-electron chi connectivity index (χ0n) is 41.8. The highest BCUT2D eigenvalue weighted by Crippen LogP contribution is 2.36. The molecule has 10 rings (SSSR count). The third-order valence-electron chi connectivity index (χ3n) is 12.8. The number of esters is 1. The van der Waals surface area contributed by atoms with E-state index in [1.165, 1.54) is 6.07 Å². The third-order valence-corrected chi connectivity index (χ3v) is 15.0. The van der Waals surface area contributed by atoms with E-state index in [1.54, 1.807) is 54.8 Å². The number of likely N-dealkylation sites (N-methyl/N-ethyl adjacent to an activating group) is 2. The minimum absolute atomic E-state index is 0. The Kier molecular flexibility index (Phi) is 15.7. The molecule has 0 unspecified atom stereocenters. The summed E-state index contributed by atoms with van der Waals surface area (Å²) in [7, 11) is 3.62. The lowest BCUT2D eigenvalue weighted by Gasteiger charge is -2.26. The van der Waals surface area contributed by atoms with Crippen molar-refractivity contribution in [2.75, 3.05) is 60.7 Å². The first kappa shape index (κ1) is 53.6. The quantitative estimate of drug-likeness (QED) is 0.0699. The second-order valence-corrected chi connectivity index (χ2v) is 21.4. The number of amides is 4. The molecule has 392 valence electrons. The van der Waals surface area contributed by atoms with Crippen molar-refractivity contribution in [1.82, 2.24) is 29.4 Å². The van der Waals surface area contributed by atoms with E-state index >= 15 is 0 Å². The molecule has 2 aromatic carbocycles. The van der Waals surface area contributed by atoms with E-state index in [4.69, 9.17) is 9.84 Å². The van der Waals surface area contributed by atoms with Gasteiger partial charge in [0, 0.05) is 87.8 Å². The van der Waals surface area contributed by atoms with E-state index < -0.39 is 17.5 Å². The summed E-state index contributed by atoms with van der Waals surface area (Å²) in [5.41, 5.74) is 4.90. The maximum Gasteiger partial charge on any atom is 0.306 e. The standard InChI is InChI=1S/C28H31N5O5S.C24H23N5O5S.ClH/c1-28(2,3)38-25(35)10-7-20(34)21-8-9-22(39-21)26(36)29-23-16-24-32(13-14-33(24)30-23)18-5-6-19-17(15-18)11-12-31(4)27(19)37;1-27-9-8-14-12-15(2-3-16(14)24(27)34)28-10-11-29-21(28)13-20(26-29)25-23(33)19-6-5-18(35-19)17(30)4-7-22(31)32;/h5-6,8-9,15-16H,7,10-14H2,1-4H3,(H,29,30,36);2-3,5-6,12-13H,4,7-11H2,1H3,(H,31,32)(H,25,26,33);1H. The predicted molar refractivity (Wildman–Crippen MR) is 285 cm³/mol. The van der Waals surface area contributed by atoms with Crippen LogP contribution in [0.15, 0.2) is 72.8 Å². The lowest BCUT2D eigenvalue weighted by atomic mass is 9.98. The van der Waals surface area contributed by atoms with E-state index in [9.17, 15) is 38.4 Å². The minimum atomic E-state index is -1.04. The number of ether oxygens (including phenoxy) is 1. The van der Waals surface area contributed by atoms with Crippen LogP contribution in [0.3, 0.4) is 0 Å². The molecule has 20 nitrogen and oxygen atoms in total. The molecule has 8 heterocycles. The molecule has 0 saturated heterocycles. The molecular formula is C52H55ClN10O10S2. The average molecular weight is 1080 g/mol. The molecule has 75 heavy (non-hydrogen) atoms. The van der Waals surface area contributed by atoms with Crippen molar-refractivity contribution in [1.29, 1.82) is 0 Å². The molecule has 0 atom stereocenters. The summed E-state index contributed by atoms with van der Waals surface area (Å²) < 4.78 is 8.91. The van der Waals surface area contributed by atoms with Crippen LogP contribution in [-0.4, -0.2) is 127 Å². The number of carboxylic acids is 1. The number of hydrogen-bond donors (Lipinski definition) is 3. The van der Waals surface area contributed by atoms with Crippen LogP contribution in [-0.2, 0) is 40.3 Å². The second-order valence-electron chi connectivity index (χ2n) is 19.2. The van der Waals surface area contributed by atoms with Crippen LogP contribution in [0.25, 0.3) is 0 Å². The Bertz CT molecular complexity index is 3260. The van der Waals surface area contributed by atoms with Crippen LogP contribution < -0.4 is 20.4 Å². The molecule has 4 aliphatic rings. The van der Waals surface area contributed by atoms with Crippen LogP contribution in [0.5, 0.6) is 0 Å². The molecule has 4 aromatic heterocycles. The number of benzene rings is 2. The van der Waals surface area contributed by atoms with Gasteiger partial charge in [-0.25, -0.2) is 9.36 Å². The predicted octanol–water partition coefficient (Wildman–Crippen LogP) is 7.73. The third kappa shape index (κ3) is 12.0. The number of Topliss-reactive ketones (excluding diaryl/α,β-unsaturated/α-hetero) is 2. The largest absolute Gasteiger partial charge is 0.481 e. The number of anilines is 6. The van der Waals surface area contributed by atoms with Crippen LogP contribution in [0.1, 0.15) is 117 Å². The Balaban J connectivity index is 0.000000198. The molecule has 0 spiro atoms. The van der Waals surface area contributed by atoms with Crippen molar-refractivity contribution in [3.05, 3.63) is 115 Å². The van der Waals surface area contributed by atoms with Crippen molar-refractivity contribution in [2.24, 2.45) is 0 Å². The van der Waals surface area contributed by atoms with Gasteiger partial charge in [0.15, 0.2) is 23.2 Å². The number of hydrogen-bond acceptors (Lipinski definition) is 15. The number of nitrogens with one attached hydrogen (secondary N) is 2. The number of aromatic nitrogens is 4. The monoisotopic (exact) mass is 1080 g/mol. The summed E-state index contributed by atoms with van der Waals surface area (Å²) in [5.74, 6) is -0.115. The maximum absolute atomic E-state index is 12.9. The first-order chi connectivity index (χ1) is 35.3. The number of carbonyl (C=O) groups is 8. The number of nitrogens with zero attached hydrogens (tertiary/aromatic N) is 8. The normalized spacial score (nSPS) is 14.5. The fourth-order valence-electron chi connectivity index (χ4n) is 9.01. The molecule has 0 fully saturated rings. The number of carbonyl (C=O) groups excluding carboxylic acids is 7. The molecule has 4 amide bonds. The number of halogens is 1. The summed E-state index contributed by atoms with van der Waals surface area (Å²) in [6.45, 7) is 9.52. The fourth-order valence-corrected chi connectivity index (χ4v) is 10.7. The van der Waals surface area contributed by atoms with E-state index in [0.717, 1.165) is 93.9 Å². The molecule has 0 radical (unpaired) electrons. The molecule has 0 aliphatic carbocycles. The van der Waals surface area contributed by atoms with Crippen LogP contribution in [0.2, 0.25) is 0 Å². The van der Waals surface area contributed by atoms with Crippen LogP contribution in [0, 0.1) is 0 Å².